The first-order valence-corrected chi connectivity index (χ1v) is 9.93. The molecule has 32 heavy (non-hydrogen) atoms. The monoisotopic (exact) mass is 507 g/mol. The maximum absolute atomic E-state index is 13.3. The van der Waals surface area contributed by atoms with E-state index >= 15 is 0 Å². The van der Waals surface area contributed by atoms with Crippen molar-refractivity contribution in [1.29, 1.82) is 0 Å². The Kier molecular flexibility index (Phi) is 6.68. The summed E-state index contributed by atoms with van der Waals surface area (Å²) in [6.07, 6.45) is -3.48. The fourth-order valence-corrected chi connectivity index (χ4v) is 3.50. The lowest BCUT2D eigenvalue weighted by molar-refractivity contribution is -0.661. The molecular formula is C19H15Cl3F3N5O2+2. The number of nitrogens with zero attached hydrogens (tertiary/aromatic N) is 3. The number of carbonyl (C=O) groups excluding carboxylic acids is 2. The van der Waals surface area contributed by atoms with Gasteiger partial charge in [-0.3, -0.25) is 9.59 Å². The third kappa shape index (κ3) is 4.82. The van der Waals surface area contributed by atoms with Crippen LogP contribution in [0.4, 0.5) is 18.9 Å². The lowest BCUT2D eigenvalue weighted by Gasteiger charge is -2.15. The summed E-state index contributed by atoms with van der Waals surface area (Å²) in [5.41, 5.74) is -1.80. The second-order valence-electron chi connectivity index (χ2n) is 6.68. The second kappa shape index (κ2) is 8.97. The van der Waals surface area contributed by atoms with E-state index in [1.165, 1.54) is 49.5 Å². The maximum Gasteiger partial charge on any atom is 0.434 e. The Labute approximate surface area is 194 Å². The number of aromatic amines is 1. The highest BCUT2D eigenvalue weighted by atomic mass is 35.5. The summed E-state index contributed by atoms with van der Waals surface area (Å²) in [5.74, 6) is -1.64. The molecule has 0 radical (unpaired) electrons. The van der Waals surface area contributed by atoms with E-state index in [4.69, 9.17) is 34.8 Å². The van der Waals surface area contributed by atoms with Gasteiger partial charge >= 0.3 is 12.0 Å². The lowest BCUT2D eigenvalue weighted by atomic mass is 10.1. The molecule has 1 aromatic carbocycles. The van der Waals surface area contributed by atoms with Crippen LogP contribution in [-0.4, -0.2) is 40.9 Å². The Bertz CT molecular complexity index is 1210. The van der Waals surface area contributed by atoms with Gasteiger partial charge in [-0.15, -0.1) is 4.68 Å². The van der Waals surface area contributed by atoms with Crippen LogP contribution in [0.5, 0.6) is 0 Å². The highest BCUT2D eigenvalue weighted by molar-refractivity contribution is 6.35. The van der Waals surface area contributed by atoms with E-state index in [1.54, 1.807) is 0 Å². The number of rotatable bonds is 4. The third-order valence-corrected chi connectivity index (χ3v) is 5.01. The van der Waals surface area contributed by atoms with Crippen molar-refractivity contribution in [3.05, 3.63) is 68.5 Å². The normalized spacial score (nSPS) is 11.4. The number of benzene rings is 1. The van der Waals surface area contributed by atoms with E-state index in [2.05, 4.69) is 15.4 Å². The zero-order valence-corrected chi connectivity index (χ0v) is 18.7. The highest BCUT2D eigenvalue weighted by Crippen LogP contribution is 2.31. The number of hydrogen-bond donors (Lipinski definition) is 2. The molecule has 7 nitrogen and oxygen atoms in total. The fourth-order valence-electron chi connectivity index (χ4n) is 2.73. The van der Waals surface area contributed by atoms with Crippen LogP contribution in [0.1, 0.15) is 26.5 Å². The van der Waals surface area contributed by atoms with Crippen molar-refractivity contribution in [3.63, 3.8) is 0 Å². The number of hydrogen-bond acceptors (Lipinski definition) is 3. The SMILES string of the molecule is CN(C)C(=O)c1cc([ClH+])cc(Cl)c1NC(=O)c1cc(C(F)(F)F)[nH][n+]1-c1ncccc1Cl. The first-order valence-electron chi connectivity index (χ1n) is 8.77. The molecule has 2 N–H and O–H groups in total. The predicted molar refractivity (Wildman–Crippen MR) is 108 cm³/mol. The first kappa shape index (κ1) is 23.8. The van der Waals surface area contributed by atoms with E-state index in [1.807, 2.05) is 0 Å². The minimum absolute atomic E-state index is 0.000841. The summed E-state index contributed by atoms with van der Waals surface area (Å²) in [7, 11) is 2.97. The molecule has 2 aromatic heterocycles. The minimum Gasteiger partial charge on any atom is -0.345 e. The standard InChI is InChI=1S/C19H13Cl3F3N5O2/c1-29(2)18(32)10-6-9(20)7-12(22)15(10)27-17(31)13-8-14(19(23,24)25)28-30(13)16-11(21)4-3-5-26-16/h3-8,20H,1-2H3/p+2. The van der Waals surface area contributed by atoms with Gasteiger partial charge in [0.1, 0.15) is 11.2 Å². The summed E-state index contributed by atoms with van der Waals surface area (Å²) in [6.45, 7) is 0. The number of aromatic nitrogens is 3. The largest absolute Gasteiger partial charge is 0.434 e. The molecule has 0 fully saturated rings. The zero-order chi connectivity index (χ0) is 23.8. The molecule has 0 spiro atoms. The molecule has 2 amide bonds. The Morgan fingerprint density at radius 2 is 1.88 bits per heavy atom. The molecule has 0 saturated heterocycles. The Morgan fingerprint density at radius 3 is 2.47 bits per heavy atom. The van der Waals surface area contributed by atoms with E-state index in [-0.39, 0.29) is 32.1 Å². The Morgan fingerprint density at radius 1 is 1.19 bits per heavy atom. The topological polar surface area (TPSA) is 82.0 Å². The van der Waals surface area contributed by atoms with Gasteiger partial charge in [0, 0.05) is 32.3 Å². The fraction of sp³-hybridized carbons (Fsp3) is 0.158. The number of halogens is 6. The van der Waals surface area contributed by atoms with Gasteiger partial charge in [-0.25, -0.2) is 5.10 Å². The van der Waals surface area contributed by atoms with E-state index in [0.717, 1.165) is 4.68 Å². The van der Waals surface area contributed by atoms with Gasteiger partial charge in [0.25, 0.3) is 11.8 Å². The minimum atomic E-state index is -4.78. The van der Waals surface area contributed by atoms with Crippen molar-refractivity contribution >= 4 is 40.7 Å². The molecule has 3 rings (SSSR count). The van der Waals surface area contributed by atoms with Gasteiger partial charge in [0.15, 0.2) is 17.3 Å². The molecule has 0 saturated carbocycles. The smallest absolute Gasteiger partial charge is 0.345 e. The van der Waals surface area contributed by atoms with Gasteiger partial charge in [-0.1, -0.05) is 23.2 Å². The van der Waals surface area contributed by atoms with Crippen LogP contribution in [-0.2, 0) is 6.18 Å². The summed E-state index contributed by atoms with van der Waals surface area (Å²) in [6, 6.07) is 6.15. The zero-order valence-electron chi connectivity index (χ0n) is 16.4. The quantitative estimate of drug-likeness (QED) is 0.528. The van der Waals surface area contributed by atoms with Crippen LogP contribution in [0.2, 0.25) is 15.1 Å². The van der Waals surface area contributed by atoms with Crippen LogP contribution in [0.25, 0.3) is 5.82 Å². The molecule has 0 unspecified atom stereocenters. The number of anilines is 1. The molecule has 3 aromatic rings. The molecule has 2 heterocycles. The number of pyridine rings is 1. The van der Waals surface area contributed by atoms with Gasteiger partial charge in [-0.2, -0.15) is 13.2 Å². The summed E-state index contributed by atoms with van der Waals surface area (Å²) in [5, 5.41) is 4.69. The van der Waals surface area contributed by atoms with Crippen molar-refractivity contribution in [3.8, 4) is 5.82 Å². The second-order valence-corrected chi connectivity index (χ2v) is 7.96. The lowest BCUT2D eigenvalue weighted by Crippen LogP contribution is -2.42. The average Bonchev–Trinajstić information content (AvgIpc) is 3.15. The van der Waals surface area contributed by atoms with Crippen LogP contribution in [0, 0.1) is 11.6 Å². The van der Waals surface area contributed by atoms with Crippen molar-refractivity contribution in [2.75, 3.05) is 19.4 Å². The van der Waals surface area contributed by atoms with Gasteiger partial charge in [0.2, 0.25) is 10.7 Å². The van der Waals surface area contributed by atoms with E-state index in [9.17, 15) is 22.8 Å². The molecule has 168 valence electrons. The van der Waals surface area contributed by atoms with Gasteiger partial charge in [-0.05, 0) is 17.1 Å². The summed E-state index contributed by atoms with van der Waals surface area (Å²) in [4.78, 5) is 30.8. The van der Waals surface area contributed by atoms with Crippen molar-refractivity contribution < 1.29 is 39.0 Å². The van der Waals surface area contributed by atoms with Gasteiger partial charge in [0.05, 0.1) is 16.3 Å². The molecule has 0 bridgehead atoms. The van der Waals surface area contributed by atoms with Crippen LogP contribution in [0.3, 0.4) is 0 Å². The number of H-pyrrole nitrogens is 1. The van der Waals surface area contributed by atoms with Crippen LogP contribution in [0.15, 0.2) is 36.5 Å². The molecule has 0 aliphatic rings. The van der Waals surface area contributed by atoms with Crippen molar-refractivity contribution in [1.82, 2.24) is 15.0 Å². The van der Waals surface area contributed by atoms with Crippen molar-refractivity contribution in [2.24, 2.45) is 0 Å². The predicted octanol–water partition coefficient (Wildman–Crippen LogP) is 3.66. The third-order valence-electron chi connectivity index (χ3n) is 4.18. The highest BCUT2D eigenvalue weighted by Gasteiger charge is 2.38. The Balaban J connectivity index is 2.13. The van der Waals surface area contributed by atoms with E-state index in [0.29, 0.717) is 6.07 Å². The number of alkyl halides is 3. The summed E-state index contributed by atoms with van der Waals surface area (Å²) < 4.78 is 40.8. The van der Waals surface area contributed by atoms with Crippen LogP contribution >= 0.6 is 23.2 Å². The van der Waals surface area contributed by atoms with Crippen molar-refractivity contribution in [2.45, 2.75) is 6.18 Å². The molecule has 0 aliphatic carbocycles. The van der Waals surface area contributed by atoms with Crippen LogP contribution < -0.4 is 10.00 Å². The number of nitrogens with one attached hydrogen (secondary N) is 2. The number of carbonyl (C=O) groups is 2. The molecule has 0 atom stereocenters. The first-order chi connectivity index (χ1) is 14.9. The van der Waals surface area contributed by atoms with E-state index < -0.39 is 29.4 Å². The Hall–Kier alpha value is -2.82. The molecule has 0 aliphatic heterocycles. The molecule has 13 heteroatoms. The molecular weight excluding hydrogens is 494 g/mol. The van der Waals surface area contributed by atoms with Gasteiger partial charge < -0.3 is 10.2 Å². The number of amides is 2. The maximum atomic E-state index is 13.3. The summed E-state index contributed by atoms with van der Waals surface area (Å²) >= 11 is 17.3. The average molecular weight is 509 g/mol.